The van der Waals surface area contributed by atoms with Crippen molar-refractivity contribution >= 4 is 16.9 Å². The van der Waals surface area contributed by atoms with Crippen LogP contribution in [-0.4, -0.2) is 12.6 Å². The number of rotatable bonds is 4. The first-order valence-corrected chi connectivity index (χ1v) is 9.09. The quantitative estimate of drug-likeness (QED) is 0.693. The van der Waals surface area contributed by atoms with Crippen LogP contribution in [0.25, 0.3) is 22.3 Å². The number of carboxylic acid groups (broad SMARTS) is 1. The predicted molar refractivity (Wildman–Crippen MR) is 107 cm³/mol. The lowest BCUT2D eigenvalue weighted by atomic mass is 9.86. The molecule has 3 aromatic rings. The van der Waals surface area contributed by atoms with Crippen molar-refractivity contribution in [1.29, 1.82) is 0 Å². The number of hydrogen-bond donors (Lipinski definition) is 0. The molecule has 0 amide bonds. The molecule has 0 fully saturated rings. The number of fused-ring (bicyclic) bond motifs is 1. The summed E-state index contributed by atoms with van der Waals surface area (Å²) in [5, 5.41) is 11.2. The first kappa shape index (κ1) is 19.7. The lowest BCUT2D eigenvalue weighted by molar-refractivity contribution is -0.307. The fraction of sp³-hybridized carbons (Fsp3) is 0.304. The van der Waals surface area contributed by atoms with E-state index in [-0.39, 0.29) is 16.9 Å². The Kier molecular flexibility index (Phi) is 5.02. The van der Waals surface area contributed by atoms with Gasteiger partial charge in [0.2, 0.25) is 11.2 Å². The Morgan fingerprint density at radius 1 is 1.07 bits per heavy atom. The number of aryl methyl sites for hydroxylation is 2. The molecule has 0 radical (unpaired) electrons. The van der Waals surface area contributed by atoms with Gasteiger partial charge in [-0.15, -0.1) is 0 Å². The van der Waals surface area contributed by atoms with Gasteiger partial charge in [-0.1, -0.05) is 45.0 Å². The monoisotopic (exact) mass is 379 g/mol. The molecular formula is C23H23O5-. The van der Waals surface area contributed by atoms with E-state index in [0.717, 1.165) is 16.7 Å². The van der Waals surface area contributed by atoms with Crippen LogP contribution in [0.15, 0.2) is 45.6 Å². The van der Waals surface area contributed by atoms with Gasteiger partial charge in [0, 0.05) is 5.56 Å². The highest BCUT2D eigenvalue weighted by molar-refractivity contribution is 5.83. The lowest BCUT2D eigenvalue weighted by Crippen LogP contribution is -2.30. The summed E-state index contributed by atoms with van der Waals surface area (Å²) < 4.78 is 11.3. The molecule has 0 saturated heterocycles. The van der Waals surface area contributed by atoms with Crippen molar-refractivity contribution in [3.05, 3.63) is 63.3 Å². The third kappa shape index (κ3) is 3.79. The van der Waals surface area contributed by atoms with E-state index in [1.165, 1.54) is 0 Å². The van der Waals surface area contributed by atoms with E-state index in [4.69, 9.17) is 9.15 Å². The molecule has 5 heteroatoms. The van der Waals surface area contributed by atoms with Crippen LogP contribution in [0, 0.1) is 13.8 Å². The van der Waals surface area contributed by atoms with E-state index in [9.17, 15) is 14.7 Å². The summed E-state index contributed by atoms with van der Waals surface area (Å²) >= 11 is 0. The third-order valence-electron chi connectivity index (χ3n) is 4.81. The highest BCUT2D eigenvalue weighted by Gasteiger charge is 2.20. The molecule has 1 aromatic heterocycles. The summed E-state index contributed by atoms with van der Waals surface area (Å²) in [5.74, 6) is -1.32. The van der Waals surface area contributed by atoms with Crippen LogP contribution < -0.4 is 15.3 Å². The summed E-state index contributed by atoms with van der Waals surface area (Å²) in [6.45, 7) is 9.43. The molecule has 0 aliphatic carbocycles. The number of hydrogen-bond acceptors (Lipinski definition) is 5. The molecule has 0 atom stereocenters. The Hall–Kier alpha value is -3.08. The van der Waals surface area contributed by atoms with Crippen molar-refractivity contribution in [3.63, 3.8) is 0 Å². The Morgan fingerprint density at radius 2 is 1.68 bits per heavy atom. The van der Waals surface area contributed by atoms with Crippen molar-refractivity contribution in [2.24, 2.45) is 0 Å². The number of ether oxygens (including phenoxy) is 1. The highest BCUT2D eigenvalue weighted by atomic mass is 16.5. The number of carbonyl (C=O) groups is 1. The standard InChI is InChI=1S/C23H24O5/c1-13-10-17-18(11-14(13)2)28-21(22(20(17)26)27-12-19(24)25)15-6-8-16(9-7-15)23(3,4)5/h6-11H,12H2,1-5H3,(H,24,25)/p-1. The average Bonchev–Trinajstić information content (AvgIpc) is 2.62. The third-order valence-corrected chi connectivity index (χ3v) is 4.81. The molecule has 0 spiro atoms. The van der Waals surface area contributed by atoms with E-state index in [1.807, 2.05) is 44.2 Å². The van der Waals surface area contributed by atoms with Gasteiger partial charge in [0.25, 0.3) is 0 Å². The van der Waals surface area contributed by atoms with Gasteiger partial charge in [0.05, 0.1) is 11.4 Å². The SMILES string of the molecule is Cc1cc2oc(-c3ccc(C(C)(C)C)cc3)c(OCC(=O)[O-])c(=O)c2cc1C. The number of carbonyl (C=O) groups excluding carboxylic acids is 1. The Bertz CT molecular complexity index is 1100. The fourth-order valence-electron chi connectivity index (χ4n) is 3.01. The largest absolute Gasteiger partial charge is 0.546 e. The first-order chi connectivity index (χ1) is 13.1. The van der Waals surface area contributed by atoms with Crippen molar-refractivity contribution in [2.45, 2.75) is 40.0 Å². The lowest BCUT2D eigenvalue weighted by Gasteiger charge is -2.19. The van der Waals surface area contributed by atoms with Crippen LogP contribution in [0.1, 0.15) is 37.5 Å². The van der Waals surface area contributed by atoms with Gasteiger partial charge >= 0.3 is 0 Å². The molecule has 0 aliphatic heterocycles. The number of carboxylic acids is 1. The molecule has 0 aliphatic rings. The van der Waals surface area contributed by atoms with Crippen molar-refractivity contribution in [1.82, 2.24) is 0 Å². The maximum absolute atomic E-state index is 13.0. The first-order valence-electron chi connectivity index (χ1n) is 9.09. The average molecular weight is 379 g/mol. The maximum atomic E-state index is 13.0. The Balaban J connectivity index is 2.24. The fourth-order valence-corrected chi connectivity index (χ4v) is 3.01. The molecule has 0 bridgehead atoms. The van der Waals surface area contributed by atoms with Gasteiger partial charge in [0.15, 0.2) is 5.76 Å². The maximum Gasteiger partial charge on any atom is 0.235 e. The highest BCUT2D eigenvalue weighted by Crippen LogP contribution is 2.33. The van der Waals surface area contributed by atoms with Crippen LogP contribution in [0.2, 0.25) is 0 Å². The second-order valence-corrected chi connectivity index (χ2v) is 8.01. The zero-order valence-corrected chi connectivity index (χ0v) is 16.7. The zero-order valence-electron chi connectivity index (χ0n) is 16.7. The molecule has 0 saturated carbocycles. The number of aliphatic carboxylic acids is 1. The molecule has 146 valence electrons. The van der Waals surface area contributed by atoms with Gasteiger partial charge < -0.3 is 19.1 Å². The molecule has 28 heavy (non-hydrogen) atoms. The van der Waals surface area contributed by atoms with Crippen molar-refractivity contribution < 1.29 is 19.1 Å². The summed E-state index contributed by atoms with van der Waals surface area (Å²) in [6.07, 6.45) is 0. The summed E-state index contributed by atoms with van der Waals surface area (Å²) in [6, 6.07) is 11.1. The normalized spacial score (nSPS) is 11.6. The minimum absolute atomic E-state index is 0.0221. The topological polar surface area (TPSA) is 79.6 Å². The van der Waals surface area contributed by atoms with Crippen LogP contribution in [0.3, 0.4) is 0 Å². The second-order valence-electron chi connectivity index (χ2n) is 8.01. The molecule has 1 heterocycles. The van der Waals surface area contributed by atoms with Gasteiger partial charge in [-0.2, -0.15) is 0 Å². The van der Waals surface area contributed by atoms with Crippen molar-refractivity contribution in [3.8, 4) is 17.1 Å². The molecular weight excluding hydrogens is 356 g/mol. The molecule has 0 unspecified atom stereocenters. The molecule has 5 nitrogen and oxygen atoms in total. The van der Waals surface area contributed by atoms with Crippen molar-refractivity contribution in [2.75, 3.05) is 6.61 Å². The summed E-state index contributed by atoms with van der Waals surface area (Å²) in [7, 11) is 0. The molecule has 2 aromatic carbocycles. The Labute approximate surface area is 163 Å². The van der Waals surface area contributed by atoms with Gasteiger partial charge in [-0.05, 0) is 48.1 Å². The van der Waals surface area contributed by atoms with E-state index in [0.29, 0.717) is 16.5 Å². The minimum Gasteiger partial charge on any atom is -0.546 e. The van der Waals surface area contributed by atoms with Crippen LogP contribution in [0.5, 0.6) is 5.75 Å². The zero-order chi connectivity index (χ0) is 20.6. The summed E-state index contributed by atoms with van der Waals surface area (Å²) in [4.78, 5) is 23.9. The predicted octanol–water partition coefficient (Wildman–Crippen LogP) is 3.50. The van der Waals surface area contributed by atoms with Crippen LogP contribution >= 0.6 is 0 Å². The van der Waals surface area contributed by atoms with E-state index < -0.39 is 18.0 Å². The van der Waals surface area contributed by atoms with Crippen LogP contribution in [0.4, 0.5) is 0 Å². The second kappa shape index (κ2) is 7.15. The molecule has 3 rings (SSSR count). The van der Waals surface area contributed by atoms with Gasteiger partial charge in [-0.25, -0.2) is 0 Å². The van der Waals surface area contributed by atoms with E-state index >= 15 is 0 Å². The molecule has 0 N–H and O–H groups in total. The number of benzene rings is 2. The van der Waals surface area contributed by atoms with Gasteiger partial charge in [-0.3, -0.25) is 4.79 Å². The van der Waals surface area contributed by atoms with E-state index in [1.54, 1.807) is 6.07 Å². The van der Waals surface area contributed by atoms with Crippen LogP contribution in [-0.2, 0) is 10.2 Å². The summed E-state index contributed by atoms with van der Waals surface area (Å²) in [5.41, 5.74) is 3.71. The smallest absolute Gasteiger partial charge is 0.235 e. The Morgan fingerprint density at radius 3 is 2.25 bits per heavy atom. The van der Waals surface area contributed by atoms with Gasteiger partial charge in [0.1, 0.15) is 12.2 Å². The van der Waals surface area contributed by atoms with E-state index in [2.05, 4.69) is 20.8 Å². The minimum atomic E-state index is -1.41.